The minimum Gasteiger partial charge on any atom is -0.152 e. The Bertz CT molecular complexity index is 488. The molecule has 2 rings (SSSR count). The molecular weight excluding hydrogens is 235 g/mol. The molecule has 82 valence electrons. The van der Waals surface area contributed by atoms with Crippen LogP contribution in [0.1, 0.15) is 13.8 Å². The van der Waals surface area contributed by atoms with E-state index in [-0.39, 0.29) is 5.66 Å². The molecule has 0 radical (unpaired) electrons. The van der Waals surface area contributed by atoms with Crippen molar-refractivity contribution in [1.29, 1.82) is 0 Å². The van der Waals surface area contributed by atoms with Crippen LogP contribution in [0.2, 0.25) is 0 Å². The van der Waals surface area contributed by atoms with Crippen LogP contribution >= 0.6 is 19.1 Å². The van der Waals surface area contributed by atoms with Gasteiger partial charge in [-0.25, -0.2) is 0 Å². The standard InChI is InChI=1S/C13H14OPS/c1-10(2)15(14)13-6-4-3-5-12(13)11-7-8-16-9-11/h3-10H,1-2H3/q+1. The minimum atomic E-state index is -1.31. The molecule has 0 fully saturated rings. The second kappa shape index (κ2) is 4.90. The van der Waals surface area contributed by atoms with E-state index in [1.54, 1.807) is 11.3 Å². The number of hydrogen-bond acceptors (Lipinski definition) is 2. The Morgan fingerprint density at radius 2 is 1.94 bits per heavy atom. The van der Waals surface area contributed by atoms with Gasteiger partial charge in [-0.2, -0.15) is 11.3 Å². The molecule has 16 heavy (non-hydrogen) atoms. The van der Waals surface area contributed by atoms with E-state index in [2.05, 4.69) is 16.8 Å². The van der Waals surface area contributed by atoms with Crippen LogP contribution in [-0.4, -0.2) is 5.66 Å². The molecule has 0 amide bonds. The van der Waals surface area contributed by atoms with Crippen molar-refractivity contribution in [3.63, 3.8) is 0 Å². The topological polar surface area (TPSA) is 17.1 Å². The van der Waals surface area contributed by atoms with Gasteiger partial charge >= 0.3 is 7.80 Å². The molecule has 0 saturated carbocycles. The number of benzene rings is 1. The van der Waals surface area contributed by atoms with Crippen LogP contribution in [0, 0.1) is 0 Å². The molecule has 1 unspecified atom stereocenters. The highest BCUT2D eigenvalue weighted by Gasteiger charge is 2.27. The van der Waals surface area contributed by atoms with Crippen LogP contribution in [0.15, 0.2) is 41.1 Å². The lowest BCUT2D eigenvalue weighted by molar-refractivity contribution is 0.588. The molecule has 1 aromatic heterocycles. The fraction of sp³-hybridized carbons (Fsp3) is 0.231. The van der Waals surface area contributed by atoms with Crippen LogP contribution in [-0.2, 0) is 4.57 Å². The van der Waals surface area contributed by atoms with Crippen molar-refractivity contribution < 1.29 is 4.57 Å². The van der Waals surface area contributed by atoms with Gasteiger partial charge in [0.15, 0.2) is 11.0 Å². The van der Waals surface area contributed by atoms with Crippen LogP contribution in [0.5, 0.6) is 0 Å². The van der Waals surface area contributed by atoms with Gasteiger partial charge in [-0.15, -0.1) is 0 Å². The van der Waals surface area contributed by atoms with E-state index < -0.39 is 7.80 Å². The Morgan fingerprint density at radius 1 is 1.19 bits per heavy atom. The third-order valence-electron chi connectivity index (χ3n) is 2.44. The Labute approximate surface area is 101 Å². The van der Waals surface area contributed by atoms with Gasteiger partial charge in [-0.1, -0.05) is 16.7 Å². The zero-order valence-electron chi connectivity index (χ0n) is 9.38. The molecule has 0 aliphatic carbocycles. The summed E-state index contributed by atoms with van der Waals surface area (Å²) in [6.07, 6.45) is 0. The summed E-state index contributed by atoms with van der Waals surface area (Å²) in [5, 5.41) is 5.13. The van der Waals surface area contributed by atoms with Crippen molar-refractivity contribution >= 4 is 24.4 Å². The van der Waals surface area contributed by atoms with Crippen molar-refractivity contribution in [3.05, 3.63) is 41.1 Å². The maximum atomic E-state index is 12.2. The molecule has 1 nitrogen and oxygen atoms in total. The van der Waals surface area contributed by atoms with Crippen LogP contribution in [0.4, 0.5) is 0 Å². The van der Waals surface area contributed by atoms with E-state index in [0.29, 0.717) is 0 Å². The largest absolute Gasteiger partial charge is 0.380 e. The minimum absolute atomic E-state index is 0.190. The first-order valence-corrected chi connectivity index (χ1v) is 7.55. The van der Waals surface area contributed by atoms with E-state index >= 15 is 0 Å². The summed E-state index contributed by atoms with van der Waals surface area (Å²) in [6.45, 7) is 4.01. The fourth-order valence-electron chi connectivity index (χ4n) is 1.61. The van der Waals surface area contributed by atoms with E-state index in [1.807, 2.05) is 38.1 Å². The SMILES string of the molecule is CC(C)[P+](=O)c1ccccc1-c1ccsc1. The van der Waals surface area contributed by atoms with Crippen molar-refractivity contribution in [3.8, 4) is 11.1 Å². The van der Waals surface area contributed by atoms with E-state index in [1.165, 1.54) is 5.56 Å². The normalized spacial score (nSPS) is 11.8. The van der Waals surface area contributed by atoms with E-state index in [4.69, 9.17) is 0 Å². The van der Waals surface area contributed by atoms with Gasteiger partial charge in [0.1, 0.15) is 0 Å². The lowest BCUT2D eigenvalue weighted by Crippen LogP contribution is -2.05. The molecule has 0 N–H and O–H groups in total. The van der Waals surface area contributed by atoms with Gasteiger partial charge in [-0.3, -0.25) is 0 Å². The molecule has 2 aromatic rings. The number of rotatable bonds is 3. The average Bonchev–Trinajstić information content (AvgIpc) is 2.81. The van der Waals surface area contributed by atoms with Gasteiger partial charge in [0.05, 0.1) is 0 Å². The van der Waals surface area contributed by atoms with Crippen molar-refractivity contribution in [1.82, 2.24) is 0 Å². The van der Waals surface area contributed by atoms with Crippen molar-refractivity contribution in [2.24, 2.45) is 0 Å². The highest BCUT2D eigenvalue weighted by atomic mass is 32.1. The van der Waals surface area contributed by atoms with Gasteiger partial charge < -0.3 is 0 Å². The van der Waals surface area contributed by atoms with Gasteiger partial charge in [0, 0.05) is 5.56 Å². The number of thiophene rings is 1. The Kier molecular flexibility index (Phi) is 3.52. The van der Waals surface area contributed by atoms with Crippen LogP contribution < -0.4 is 5.30 Å². The highest BCUT2D eigenvalue weighted by Crippen LogP contribution is 2.32. The first-order valence-electron chi connectivity index (χ1n) is 5.28. The summed E-state index contributed by atoms with van der Waals surface area (Å²) >= 11 is 1.67. The molecular formula is C13H14OPS+. The molecule has 1 atom stereocenters. The predicted molar refractivity (Wildman–Crippen MR) is 72.1 cm³/mol. The third kappa shape index (κ3) is 2.23. The summed E-state index contributed by atoms with van der Waals surface area (Å²) in [6, 6.07) is 10.1. The van der Waals surface area contributed by atoms with Crippen molar-refractivity contribution in [2.75, 3.05) is 0 Å². The second-order valence-corrected chi connectivity index (χ2v) is 6.89. The summed E-state index contributed by atoms with van der Waals surface area (Å²) in [5.74, 6) is 0. The summed E-state index contributed by atoms with van der Waals surface area (Å²) in [5.41, 5.74) is 2.47. The molecule has 0 bridgehead atoms. The van der Waals surface area contributed by atoms with Crippen LogP contribution in [0.3, 0.4) is 0 Å². The average molecular weight is 249 g/mol. The second-order valence-electron chi connectivity index (χ2n) is 3.95. The Balaban J connectivity index is 2.51. The highest BCUT2D eigenvalue weighted by molar-refractivity contribution is 7.54. The third-order valence-corrected chi connectivity index (χ3v) is 4.93. The number of hydrogen-bond donors (Lipinski definition) is 0. The maximum Gasteiger partial charge on any atom is 0.380 e. The summed E-state index contributed by atoms with van der Waals surface area (Å²) in [4.78, 5) is 0. The zero-order chi connectivity index (χ0) is 11.5. The molecule has 3 heteroatoms. The Hall–Kier alpha value is -0.980. The lowest BCUT2D eigenvalue weighted by atomic mass is 10.1. The smallest absolute Gasteiger partial charge is 0.152 e. The van der Waals surface area contributed by atoms with Gasteiger partial charge in [-0.05, 0) is 48.4 Å². The van der Waals surface area contributed by atoms with Crippen LogP contribution in [0.25, 0.3) is 11.1 Å². The summed E-state index contributed by atoms with van der Waals surface area (Å²) < 4.78 is 12.2. The van der Waals surface area contributed by atoms with Gasteiger partial charge in [0.2, 0.25) is 0 Å². The van der Waals surface area contributed by atoms with Crippen molar-refractivity contribution in [2.45, 2.75) is 19.5 Å². The molecule has 0 aliphatic rings. The first-order chi connectivity index (χ1) is 7.70. The molecule has 0 spiro atoms. The Morgan fingerprint density at radius 3 is 2.56 bits per heavy atom. The monoisotopic (exact) mass is 249 g/mol. The predicted octanol–water partition coefficient (Wildman–Crippen LogP) is 4.28. The van der Waals surface area contributed by atoms with E-state index in [9.17, 15) is 4.57 Å². The summed E-state index contributed by atoms with van der Waals surface area (Å²) in [7, 11) is -1.31. The first kappa shape index (κ1) is 11.5. The fourth-order valence-corrected chi connectivity index (χ4v) is 3.49. The molecule has 0 saturated heterocycles. The maximum absolute atomic E-state index is 12.2. The molecule has 0 aliphatic heterocycles. The molecule has 1 aromatic carbocycles. The van der Waals surface area contributed by atoms with Gasteiger partial charge in [0.25, 0.3) is 0 Å². The quantitative estimate of drug-likeness (QED) is 0.742. The molecule has 1 heterocycles. The zero-order valence-corrected chi connectivity index (χ0v) is 11.1. The lowest BCUT2D eigenvalue weighted by Gasteiger charge is -2.00. The van der Waals surface area contributed by atoms with E-state index in [0.717, 1.165) is 10.9 Å².